The molecular formula is C14H18BrClO. The van der Waals surface area contributed by atoms with Crippen molar-refractivity contribution in [1.29, 1.82) is 0 Å². The average molecular weight is 318 g/mol. The molecular weight excluding hydrogens is 300 g/mol. The van der Waals surface area contributed by atoms with E-state index in [-0.39, 0.29) is 5.41 Å². The van der Waals surface area contributed by atoms with E-state index in [4.69, 9.17) is 16.3 Å². The number of benzene rings is 1. The Balaban J connectivity index is 2.12. The van der Waals surface area contributed by atoms with Crippen LogP contribution in [0.5, 0.6) is 5.75 Å². The van der Waals surface area contributed by atoms with Crippen molar-refractivity contribution in [2.45, 2.75) is 44.5 Å². The fourth-order valence-corrected chi connectivity index (χ4v) is 3.48. The molecule has 1 nitrogen and oxygen atoms in total. The second kappa shape index (κ2) is 4.81. The van der Waals surface area contributed by atoms with Crippen LogP contribution in [-0.2, 0) is 0 Å². The van der Waals surface area contributed by atoms with Crippen LogP contribution in [0.3, 0.4) is 0 Å². The van der Waals surface area contributed by atoms with Crippen molar-refractivity contribution in [2.75, 3.05) is 0 Å². The number of hydrogen-bond acceptors (Lipinski definition) is 1. The van der Waals surface area contributed by atoms with Gasteiger partial charge < -0.3 is 4.74 Å². The molecule has 0 aliphatic heterocycles. The van der Waals surface area contributed by atoms with Crippen LogP contribution in [0, 0.1) is 12.3 Å². The van der Waals surface area contributed by atoms with Crippen molar-refractivity contribution in [3.63, 3.8) is 0 Å². The second-order valence-electron chi connectivity index (χ2n) is 5.08. The predicted octanol–water partition coefficient (Wildman–Crippen LogP) is 4.98. The predicted molar refractivity (Wildman–Crippen MR) is 76.3 cm³/mol. The molecule has 0 radical (unpaired) electrons. The Bertz CT molecular complexity index is 421. The van der Waals surface area contributed by atoms with Crippen LogP contribution in [0.15, 0.2) is 18.2 Å². The summed E-state index contributed by atoms with van der Waals surface area (Å²) >= 11 is 9.67. The van der Waals surface area contributed by atoms with Crippen LogP contribution in [0.1, 0.15) is 32.3 Å². The Morgan fingerprint density at radius 1 is 1.53 bits per heavy atom. The molecule has 0 N–H and O–H groups in total. The molecule has 1 aromatic carbocycles. The zero-order chi connectivity index (χ0) is 12.6. The highest BCUT2D eigenvalue weighted by molar-refractivity contribution is 9.09. The van der Waals surface area contributed by atoms with Crippen molar-refractivity contribution in [1.82, 2.24) is 0 Å². The van der Waals surface area contributed by atoms with E-state index in [1.807, 2.05) is 25.1 Å². The van der Waals surface area contributed by atoms with Gasteiger partial charge in [0.05, 0.1) is 0 Å². The van der Waals surface area contributed by atoms with Crippen LogP contribution < -0.4 is 4.74 Å². The number of hydrogen-bond donors (Lipinski definition) is 0. The monoisotopic (exact) mass is 316 g/mol. The molecule has 0 amide bonds. The third kappa shape index (κ3) is 2.34. The first-order valence-electron chi connectivity index (χ1n) is 6.04. The summed E-state index contributed by atoms with van der Waals surface area (Å²) in [5.41, 5.74) is 1.35. The van der Waals surface area contributed by atoms with Crippen molar-refractivity contribution in [2.24, 2.45) is 5.41 Å². The van der Waals surface area contributed by atoms with Gasteiger partial charge >= 0.3 is 0 Å². The quantitative estimate of drug-likeness (QED) is 0.714. The Kier molecular flexibility index (Phi) is 3.74. The molecule has 0 saturated heterocycles. The molecule has 3 unspecified atom stereocenters. The summed E-state index contributed by atoms with van der Waals surface area (Å²) in [5.74, 6) is 0.957. The van der Waals surface area contributed by atoms with Crippen LogP contribution >= 0.6 is 27.5 Å². The number of alkyl halides is 1. The normalized spacial score (nSPS) is 32.1. The standard InChI is InChI=1S/C14H18BrClO/c1-4-14(3)12(15)8-13(14)17-11-6-5-10(16)7-9(11)2/h5-7,12-13H,4,8H2,1-3H3. The zero-order valence-electron chi connectivity index (χ0n) is 10.5. The van der Waals surface area contributed by atoms with E-state index >= 15 is 0 Å². The Morgan fingerprint density at radius 3 is 2.76 bits per heavy atom. The van der Waals surface area contributed by atoms with E-state index in [9.17, 15) is 0 Å². The van der Waals surface area contributed by atoms with Gasteiger partial charge in [-0.2, -0.15) is 0 Å². The smallest absolute Gasteiger partial charge is 0.122 e. The largest absolute Gasteiger partial charge is 0.490 e. The van der Waals surface area contributed by atoms with Crippen molar-refractivity contribution in [3.8, 4) is 5.75 Å². The lowest BCUT2D eigenvalue weighted by molar-refractivity contribution is -0.0247. The molecule has 0 heterocycles. The number of ether oxygens (including phenoxy) is 1. The number of halogens is 2. The Morgan fingerprint density at radius 2 is 2.24 bits per heavy atom. The highest BCUT2D eigenvalue weighted by atomic mass is 79.9. The first kappa shape index (κ1) is 13.2. The van der Waals surface area contributed by atoms with E-state index in [1.165, 1.54) is 0 Å². The fraction of sp³-hybridized carbons (Fsp3) is 0.571. The minimum Gasteiger partial charge on any atom is -0.490 e. The average Bonchev–Trinajstić information content (AvgIpc) is 2.30. The lowest BCUT2D eigenvalue weighted by Gasteiger charge is -2.50. The van der Waals surface area contributed by atoms with E-state index in [0.717, 1.165) is 29.2 Å². The maximum Gasteiger partial charge on any atom is 0.122 e. The molecule has 2 rings (SSSR count). The lowest BCUT2D eigenvalue weighted by atomic mass is 9.65. The highest BCUT2D eigenvalue weighted by Crippen LogP contribution is 2.50. The molecule has 1 aliphatic rings. The van der Waals surface area contributed by atoms with Gasteiger partial charge in [-0.25, -0.2) is 0 Å². The summed E-state index contributed by atoms with van der Waals surface area (Å²) in [6, 6.07) is 5.80. The maximum atomic E-state index is 6.12. The second-order valence-corrected chi connectivity index (χ2v) is 6.62. The van der Waals surface area contributed by atoms with E-state index in [2.05, 4.69) is 29.8 Å². The van der Waals surface area contributed by atoms with Crippen LogP contribution in [0.2, 0.25) is 5.02 Å². The Labute approximate surface area is 117 Å². The van der Waals surface area contributed by atoms with Crippen LogP contribution in [0.4, 0.5) is 0 Å². The number of aryl methyl sites for hydroxylation is 1. The Hall–Kier alpha value is -0.210. The van der Waals surface area contributed by atoms with Gasteiger partial charge in [0.1, 0.15) is 11.9 Å². The van der Waals surface area contributed by atoms with Gasteiger partial charge in [-0.1, -0.05) is 41.4 Å². The van der Waals surface area contributed by atoms with Gasteiger partial charge in [-0.15, -0.1) is 0 Å². The lowest BCUT2D eigenvalue weighted by Crippen LogP contribution is -2.54. The summed E-state index contributed by atoms with van der Waals surface area (Å²) in [4.78, 5) is 0.567. The molecule has 17 heavy (non-hydrogen) atoms. The molecule has 3 heteroatoms. The van der Waals surface area contributed by atoms with Gasteiger partial charge in [-0.3, -0.25) is 0 Å². The molecule has 1 fully saturated rings. The minimum absolute atomic E-state index is 0.242. The highest BCUT2D eigenvalue weighted by Gasteiger charge is 2.50. The topological polar surface area (TPSA) is 9.23 Å². The first-order valence-corrected chi connectivity index (χ1v) is 7.33. The molecule has 3 atom stereocenters. The van der Waals surface area contributed by atoms with E-state index in [0.29, 0.717) is 10.9 Å². The van der Waals surface area contributed by atoms with Gasteiger partial charge in [-0.05, 0) is 43.5 Å². The van der Waals surface area contributed by atoms with Gasteiger partial charge in [0.2, 0.25) is 0 Å². The fourth-order valence-electron chi connectivity index (χ4n) is 2.30. The SMILES string of the molecule is CCC1(C)C(Br)CC1Oc1ccc(Cl)cc1C. The summed E-state index contributed by atoms with van der Waals surface area (Å²) in [5, 5.41) is 0.764. The molecule has 1 saturated carbocycles. The van der Waals surface area contributed by atoms with Crippen LogP contribution in [0.25, 0.3) is 0 Å². The number of rotatable bonds is 3. The van der Waals surface area contributed by atoms with Crippen LogP contribution in [-0.4, -0.2) is 10.9 Å². The minimum atomic E-state index is 0.242. The molecule has 0 spiro atoms. The van der Waals surface area contributed by atoms with Crippen molar-refractivity contribution in [3.05, 3.63) is 28.8 Å². The molecule has 0 bridgehead atoms. The molecule has 1 aromatic rings. The van der Waals surface area contributed by atoms with E-state index in [1.54, 1.807) is 0 Å². The van der Waals surface area contributed by atoms with Gasteiger partial charge in [0.15, 0.2) is 0 Å². The third-order valence-corrected chi connectivity index (χ3v) is 5.69. The van der Waals surface area contributed by atoms with Gasteiger partial charge in [0, 0.05) is 15.3 Å². The molecule has 94 valence electrons. The maximum absolute atomic E-state index is 6.12. The van der Waals surface area contributed by atoms with Gasteiger partial charge in [0.25, 0.3) is 0 Å². The third-order valence-electron chi connectivity index (χ3n) is 4.04. The zero-order valence-corrected chi connectivity index (χ0v) is 12.8. The molecule has 1 aliphatic carbocycles. The summed E-state index contributed by atoms with van der Waals surface area (Å²) in [6.45, 7) is 6.54. The van der Waals surface area contributed by atoms with Crippen molar-refractivity contribution >= 4 is 27.5 Å². The summed E-state index contributed by atoms with van der Waals surface area (Å²) in [7, 11) is 0. The molecule has 0 aromatic heterocycles. The summed E-state index contributed by atoms with van der Waals surface area (Å²) < 4.78 is 6.12. The van der Waals surface area contributed by atoms with Crippen molar-refractivity contribution < 1.29 is 4.74 Å². The van der Waals surface area contributed by atoms with E-state index < -0.39 is 0 Å². The first-order chi connectivity index (χ1) is 7.97. The summed E-state index contributed by atoms with van der Waals surface area (Å²) in [6.07, 6.45) is 2.50.